The zero-order valence-corrected chi connectivity index (χ0v) is 14.8. The molecule has 1 fully saturated rings. The minimum Gasteiger partial charge on any atom is -0.340 e. The Morgan fingerprint density at radius 3 is 2.61 bits per heavy atom. The molecule has 5 nitrogen and oxygen atoms in total. The molecule has 0 spiro atoms. The molecule has 2 aliphatic rings. The molecule has 0 N–H and O–H groups in total. The smallest absolute Gasteiger partial charge is 0.237 e. The van der Waals surface area contributed by atoms with Crippen molar-refractivity contribution in [2.45, 2.75) is 32.7 Å². The van der Waals surface area contributed by atoms with Crippen molar-refractivity contribution in [1.82, 2.24) is 14.7 Å². The summed E-state index contributed by atoms with van der Waals surface area (Å²) < 4.78 is 0. The lowest BCUT2D eigenvalue weighted by Gasteiger charge is -2.38. The number of carbonyl (C=O) groups is 2. The van der Waals surface area contributed by atoms with Crippen LogP contribution >= 0.6 is 11.3 Å². The fourth-order valence-corrected chi connectivity index (χ4v) is 4.57. The normalized spacial score (nSPS) is 22.1. The first-order valence-corrected chi connectivity index (χ1v) is 9.31. The number of fused-ring (bicyclic) bond motifs is 1. The Morgan fingerprint density at radius 2 is 1.96 bits per heavy atom. The number of rotatable bonds is 3. The van der Waals surface area contributed by atoms with Crippen molar-refractivity contribution >= 4 is 23.2 Å². The summed E-state index contributed by atoms with van der Waals surface area (Å²) in [4.78, 5) is 31.7. The molecule has 0 saturated carbocycles. The third-order valence-corrected chi connectivity index (χ3v) is 5.97. The maximum atomic E-state index is 12.8. The summed E-state index contributed by atoms with van der Waals surface area (Å²) >= 11 is 1.81. The Kier molecular flexibility index (Phi) is 5.02. The summed E-state index contributed by atoms with van der Waals surface area (Å²) in [6.45, 7) is 8.12. The van der Waals surface area contributed by atoms with Gasteiger partial charge in [0.25, 0.3) is 0 Å². The molecule has 1 aromatic heterocycles. The monoisotopic (exact) mass is 335 g/mol. The molecule has 0 aromatic carbocycles. The van der Waals surface area contributed by atoms with Gasteiger partial charge in [-0.05, 0) is 29.9 Å². The molecule has 0 aliphatic carbocycles. The highest BCUT2D eigenvalue weighted by Gasteiger charge is 2.31. The van der Waals surface area contributed by atoms with E-state index in [9.17, 15) is 9.59 Å². The van der Waals surface area contributed by atoms with Crippen LogP contribution in [0.3, 0.4) is 0 Å². The molecule has 1 saturated heterocycles. The quantitative estimate of drug-likeness (QED) is 0.845. The van der Waals surface area contributed by atoms with Crippen LogP contribution in [0.25, 0.3) is 0 Å². The Bertz CT molecular complexity index is 578. The number of piperazine rings is 1. The van der Waals surface area contributed by atoms with Gasteiger partial charge in [-0.2, -0.15) is 0 Å². The van der Waals surface area contributed by atoms with Crippen LogP contribution in [-0.2, 0) is 16.0 Å². The van der Waals surface area contributed by atoms with Crippen LogP contribution in [0.15, 0.2) is 11.4 Å². The Labute approximate surface area is 141 Å². The van der Waals surface area contributed by atoms with E-state index < -0.39 is 0 Å². The van der Waals surface area contributed by atoms with Gasteiger partial charge >= 0.3 is 0 Å². The lowest BCUT2D eigenvalue weighted by Crippen LogP contribution is -2.52. The largest absolute Gasteiger partial charge is 0.340 e. The zero-order chi connectivity index (χ0) is 16.4. The van der Waals surface area contributed by atoms with Crippen LogP contribution in [0.5, 0.6) is 0 Å². The molecular weight excluding hydrogens is 310 g/mol. The number of hydrogen-bond acceptors (Lipinski definition) is 4. The highest BCUT2D eigenvalue weighted by Crippen LogP contribution is 2.35. The zero-order valence-electron chi connectivity index (χ0n) is 14.0. The van der Waals surface area contributed by atoms with Crippen molar-refractivity contribution in [1.29, 1.82) is 0 Å². The summed E-state index contributed by atoms with van der Waals surface area (Å²) in [5.41, 5.74) is 1.35. The molecule has 3 heterocycles. The highest BCUT2D eigenvalue weighted by atomic mass is 32.1. The highest BCUT2D eigenvalue weighted by molar-refractivity contribution is 7.10. The van der Waals surface area contributed by atoms with Crippen molar-refractivity contribution < 1.29 is 9.59 Å². The van der Waals surface area contributed by atoms with Gasteiger partial charge in [0, 0.05) is 44.5 Å². The molecule has 2 aliphatic heterocycles. The maximum Gasteiger partial charge on any atom is 0.237 e. The van der Waals surface area contributed by atoms with Gasteiger partial charge in [-0.3, -0.25) is 14.5 Å². The number of amides is 2. The second-order valence-electron chi connectivity index (χ2n) is 6.34. The lowest BCUT2D eigenvalue weighted by atomic mass is 9.97. The fourth-order valence-electron chi connectivity index (χ4n) is 3.64. The lowest BCUT2D eigenvalue weighted by molar-refractivity contribution is -0.136. The van der Waals surface area contributed by atoms with Crippen LogP contribution in [0.4, 0.5) is 0 Å². The third kappa shape index (κ3) is 3.43. The average Bonchev–Trinajstić information content (AvgIpc) is 3.02. The summed E-state index contributed by atoms with van der Waals surface area (Å²) in [6, 6.07) is 2.41. The number of hydrogen-bond donors (Lipinski definition) is 0. The summed E-state index contributed by atoms with van der Waals surface area (Å²) in [7, 11) is 0. The van der Waals surface area contributed by atoms with Gasteiger partial charge in [0.1, 0.15) is 0 Å². The third-order valence-electron chi connectivity index (χ3n) is 4.98. The van der Waals surface area contributed by atoms with E-state index in [-0.39, 0.29) is 17.9 Å². The second-order valence-corrected chi connectivity index (χ2v) is 7.34. The van der Waals surface area contributed by atoms with E-state index in [1.165, 1.54) is 10.4 Å². The molecule has 1 atom stereocenters. The van der Waals surface area contributed by atoms with E-state index >= 15 is 0 Å². The standard InChI is InChI=1S/C17H25N3O2S/c1-3-15-14-5-11-23-16(14)4-6-20(15)17(22)12-18-7-9-19(10-8-18)13(2)21/h5,11,15H,3-4,6-10,12H2,1-2H3. The first-order chi connectivity index (χ1) is 11.1. The number of carbonyl (C=O) groups excluding carboxylic acids is 2. The van der Waals surface area contributed by atoms with E-state index in [1.54, 1.807) is 6.92 Å². The average molecular weight is 335 g/mol. The Hall–Kier alpha value is -1.40. The molecule has 126 valence electrons. The maximum absolute atomic E-state index is 12.8. The summed E-state index contributed by atoms with van der Waals surface area (Å²) in [5, 5.41) is 2.14. The fraction of sp³-hybridized carbons (Fsp3) is 0.647. The summed E-state index contributed by atoms with van der Waals surface area (Å²) in [6.07, 6.45) is 1.95. The first-order valence-electron chi connectivity index (χ1n) is 8.43. The van der Waals surface area contributed by atoms with Crippen LogP contribution in [0.2, 0.25) is 0 Å². The molecule has 1 unspecified atom stereocenters. The topological polar surface area (TPSA) is 43.9 Å². The van der Waals surface area contributed by atoms with Crippen molar-refractivity contribution in [3.05, 3.63) is 21.9 Å². The van der Waals surface area contributed by atoms with Gasteiger partial charge < -0.3 is 9.80 Å². The molecule has 0 bridgehead atoms. The minimum atomic E-state index is 0.128. The molecular formula is C17H25N3O2S. The van der Waals surface area contributed by atoms with Gasteiger partial charge in [0.2, 0.25) is 11.8 Å². The summed E-state index contributed by atoms with van der Waals surface area (Å²) in [5.74, 6) is 0.355. The van der Waals surface area contributed by atoms with Crippen LogP contribution in [0, 0.1) is 0 Å². The molecule has 3 rings (SSSR count). The van der Waals surface area contributed by atoms with Crippen molar-refractivity contribution in [3.63, 3.8) is 0 Å². The van der Waals surface area contributed by atoms with E-state index in [2.05, 4.69) is 28.2 Å². The van der Waals surface area contributed by atoms with Crippen LogP contribution in [-0.4, -0.2) is 65.8 Å². The molecule has 6 heteroatoms. The predicted octanol–water partition coefficient (Wildman–Crippen LogP) is 1.75. The second kappa shape index (κ2) is 7.01. The Morgan fingerprint density at radius 1 is 1.22 bits per heavy atom. The van der Waals surface area contributed by atoms with E-state index in [0.717, 1.165) is 45.6 Å². The SMILES string of the molecule is CCC1c2ccsc2CCN1C(=O)CN1CCN(C(C)=O)CC1. The van der Waals surface area contributed by atoms with Crippen molar-refractivity contribution in [2.75, 3.05) is 39.3 Å². The van der Waals surface area contributed by atoms with Gasteiger partial charge in [0.05, 0.1) is 12.6 Å². The van der Waals surface area contributed by atoms with E-state index in [0.29, 0.717) is 6.54 Å². The van der Waals surface area contributed by atoms with Crippen LogP contribution < -0.4 is 0 Å². The van der Waals surface area contributed by atoms with E-state index in [1.807, 2.05) is 16.2 Å². The van der Waals surface area contributed by atoms with Gasteiger partial charge in [-0.25, -0.2) is 0 Å². The number of nitrogens with zero attached hydrogens (tertiary/aromatic N) is 3. The minimum absolute atomic E-state index is 0.128. The number of thiophene rings is 1. The van der Waals surface area contributed by atoms with Crippen molar-refractivity contribution in [2.24, 2.45) is 0 Å². The van der Waals surface area contributed by atoms with E-state index in [4.69, 9.17) is 0 Å². The molecule has 1 aromatic rings. The van der Waals surface area contributed by atoms with Gasteiger partial charge in [-0.1, -0.05) is 6.92 Å². The van der Waals surface area contributed by atoms with Gasteiger partial charge in [0.15, 0.2) is 0 Å². The van der Waals surface area contributed by atoms with Gasteiger partial charge in [-0.15, -0.1) is 11.3 Å². The first kappa shape index (κ1) is 16.5. The van der Waals surface area contributed by atoms with Crippen molar-refractivity contribution in [3.8, 4) is 0 Å². The Balaban J connectivity index is 1.60. The molecule has 23 heavy (non-hydrogen) atoms. The van der Waals surface area contributed by atoms with Crippen LogP contribution in [0.1, 0.15) is 36.8 Å². The predicted molar refractivity (Wildman–Crippen MR) is 91.5 cm³/mol. The molecule has 0 radical (unpaired) electrons. The molecule has 2 amide bonds.